The Morgan fingerprint density at radius 1 is 1.12 bits per heavy atom. The van der Waals surface area contributed by atoms with Gasteiger partial charge in [-0.3, -0.25) is 9.59 Å². The van der Waals surface area contributed by atoms with Gasteiger partial charge in [0, 0.05) is 18.1 Å². The molecule has 3 aromatic rings. The Morgan fingerprint density at radius 2 is 1.79 bits per heavy atom. The number of rotatable bonds is 8. The lowest BCUT2D eigenvalue weighted by atomic mass is 9.77. The molecule has 42 heavy (non-hydrogen) atoms. The molecule has 1 N–H and O–H groups in total. The summed E-state index contributed by atoms with van der Waals surface area (Å²) in [7, 11) is 1.59. The molecule has 0 spiro atoms. The summed E-state index contributed by atoms with van der Waals surface area (Å²) in [6.07, 6.45) is -0.766. The molecule has 11 heteroatoms. The van der Waals surface area contributed by atoms with Gasteiger partial charge in [0.25, 0.3) is 0 Å². The molecule has 0 aliphatic carbocycles. The van der Waals surface area contributed by atoms with E-state index in [0.717, 1.165) is 5.56 Å². The van der Waals surface area contributed by atoms with Crippen LogP contribution in [0.4, 0.5) is 0 Å². The van der Waals surface area contributed by atoms with Gasteiger partial charge >= 0.3 is 11.9 Å². The van der Waals surface area contributed by atoms with Crippen molar-refractivity contribution in [1.82, 2.24) is 15.0 Å². The molecule has 1 fully saturated rings. The predicted octanol–water partition coefficient (Wildman–Crippen LogP) is 5.03. The molecular weight excluding hydrogens is 542 g/mol. The number of ether oxygens (including phenoxy) is 3. The van der Waals surface area contributed by atoms with Crippen molar-refractivity contribution in [3.05, 3.63) is 36.0 Å². The van der Waals surface area contributed by atoms with Crippen molar-refractivity contribution < 1.29 is 38.2 Å². The number of hydrogen-bond donors (Lipinski definition) is 1. The fraction of sp³-hybridized carbons (Fsp3) is 0.516. The van der Waals surface area contributed by atoms with E-state index in [1.54, 1.807) is 40.9 Å². The van der Waals surface area contributed by atoms with E-state index in [1.807, 2.05) is 45.0 Å². The highest BCUT2D eigenvalue weighted by Gasteiger charge is 2.46. The minimum atomic E-state index is -1.14. The topological polar surface area (TPSA) is 141 Å². The van der Waals surface area contributed by atoms with Crippen LogP contribution in [0.3, 0.4) is 0 Å². The molecule has 3 atom stereocenters. The lowest BCUT2D eigenvalue weighted by molar-refractivity contribution is -0.161. The first-order valence-corrected chi connectivity index (χ1v) is 13.9. The van der Waals surface area contributed by atoms with Gasteiger partial charge in [0.15, 0.2) is 5.75 Å². The maximum Gasteiger partial charge on any atom is 0.326 e. The fourth-order valence-electron chi connectivity index (χ4n) is 5.05. The lowest BCUT2D eigenvalue weighted by Gasteiger charge is -2.34. The minimum absolute atomic E-state index is 0.0193. The van der Waals surface area contributed by atoms with Gasteiger partial charge in [0.05, 0.1) is 31.7 Å². The molecule has 0 unspecified atom stereocenters. The molecule has 1 aliphatic heterocycles. The normalized spacial score (nSPS) is 18.1. The fourth-order valence-corrected chi connectivity index (χ4v) is 5.05. The summed E-state index contributed by atoms with van der Waals surface area (Å²) in [5.74, 6) is -1.83. The van der Waals surface area contributed by atoms with Gasteiger partial charge in [-0.2, -0.15) is 0 Å². The Bertz CT molecular complexity index is 1470. The van der Waals surface area contributed by atoms with Crippen LogP contribution < -0.4 is 9.47 Å². The van der Waals surface area contributed by atoms with E-state index >= 15 is 0 Å². The number of aromatic nitrogens is 2. The van der Waals surface area contributed by atoms with E-state index < -0.39 is 46.9 Å². The molecule has 0 radical (unpaired) electrons. The minimum Gasteiger partial charge on any atom is -0.497 e. The maximum absolute atomic E-state index is 13.9. The average Bonchev–Trinajstić information content (AvgIpc) is 3.49. The Morgan fingerprint density at radius 3 is 2.36 bits per heavy atom. The summed E-state index contributed by atoms with van der Waals surface area (Å²) in [4.78, 5) is 44.9. The third kappa shape index (κ3) is 6.83. The predicted molar refractivity (Wildman–Crippen MR) is 154 cm³/mol. The van der Waals surface area contributed by atoms with Crippen molar-refractivity contribution >= 4 is 28.9 Å². The highest BCUT2D eigenvalue weighted by atomic mass is 16.6. The number of carbonyl (C=O) groups excluding carboxylic acids is 2. The van der Waals surface area contributed by atoms with Crippen LogP contribution in [-0.4, -0.2) is 69.4 Å². The summed E-state index contributed by atoms with van der Waals surface area (Å²) in [5.41, 5.74) is 1.51. The summed E-state index contributed by atoms with van der Waals surface area (Å²) in [6, 6.07) is 7.98. The molecule has 1 aliphatic rings. The van der Waals surface area contributed by atoms with Gasteiger partial charge in [-0.05, 0) is 57.4 Å². The number of methoxy groups -OCH3 is 1. The van der Waals surface area contributed by atoms with Gasteiger partial charge in [-0.1, -0.05) is 25.9 Å². The van der Waals surface area contributed by atoms with Crippen LogP contribution in [0.5, 0.6) is 11.5 Å². The van der Waals surface area contributed by atoms with Crippen LogP contribution in [-0.2, 0) is 19.1 Å². The number of aryl methyl sites for hydroxylation is 1. The van der Waals surface area contributed by atoms with E-state index in [-0.39, 0.29) is 19.4 Å². The van der Waals surface area contributed by atoms with E-state index in [9.17, 15) is 19.5 Å². The third-order valence-corrected chi connectivity index (χ3v) is 7.20. The second-order valence-electron chi connectivity index (χ2n) is 12.7. The number of amides is 1. The first-order chi connectivity index (χ1) is 19.6. The molecular formula is C31H39N3O8. The number of pyridine rings is 1. The lowest BCUT2D eigenvalue weighted by Crippen LogP contribution is -2.47. The van der Waals surface area contributed by atoms with Crippen LogP contribution in [0.1, 0.15) is 60.1 Å². The van der Waals surface area contributed by atoms with Gasteiger partial charge in [-0.15, -0.1) is 0 Å². The number of carboxylic acids is 1. The van der Waals surface area contributed by atoms with Gasteiger partial charge in [0.2, 0.25) is 11.5 Å². The zero-order valence-corrected chi connectivity index (χ0v) is 25.4. The molecule has 226 valence electrons. The van der Waals surface area contributed by atoms with E-state index in [4.69, 9.17) is 23.7 Å². The number of likely N-dealkylation sites (tertiary alicyclic amines) is 1. The summed E-state index contributed by atoms with van der Waals surface area (Å²) in [5, 5.41) is 14.1. The zero-order valence-electron chi connectivity index (χ0n) is 25.4. The van der Waals surface area contributed by atoms with Gasteiger partial charge in [-0.25, -0.2) is 9.78 Å². The van der Waals surface area contributed by atoms with Gasteiger partial charge in [0.1, 0.15) is 34.7 Å². The van der Waals surface area contributed by atoms with Gasteiger partial charge < -0.3 is 28.7 Å². The number of benzene rings is 1. The van der Waals surface area contributed by atoms with Crippen molar-refractivity contribution in [3.8, 4) is 22.8 Å². The monoisotopic (exact) mass is 581 g/mol. The molecule has 1 saturated heterocycles. The molecule has 1 amide bonds. The van der Waals surface area contributed by atoms with Crippen molar-refractivity contribution in [3.63, 3.8) is 0 Å². The number of esters is 1. The highest BCUT2D eigenvalue weighted by molar-refractivity contribution is 5.89. The Balaban J connectivity index is 1.62. The number of carbonyl (C=O) groups is 3. The van der Waals surface area contributed by atoms with Crippen molar-refractivity contribution in [1.29, 1.82) is 0 Å². The van der Waals surface area contributed by atoms with E-state index in [1.165, 1.54) is 4.90 Å². The van der Waals surface area contributed by atoms with E-state index in [2.05, 4.69) is 5.16 Å². The van der Waals surface area contributed by atoms with Crippen molar-refractivity contribution in [2.24, 2.45) is 11.3 Å². The number of fused-ring (bicyclic) bond motifs is 1. The van der Waals surface area contributed by atoms with Crippen LogP contribution in [0.15, 0.2) is 34.9 Å². The van der Waals surface area contributed by atoms with Crippen LogP contribution >= 0.6 is 0 Å². The SMILES string of the molecule is COc1ccc(-c2cc(O[C@@H]3C[C@@H](C(=O)O)N(C(=O)[C@@H](CC(=O)OC(C)(C)C)C(C)(C)C)C3)c3onc(C)c3n2)cc1. The molecule has 2 aromatic heterocycles. The van der Waals surface area contributed by atoms with Crippen molar-refractivity contribution in [2.75, 3.05) is 13.7 Å². The molecule has 1 aromatic carbocycles. The maximum atomic E-state index is 13.9. The average molecular weight is 582 g/mol. The number of aliphatic carboxylic acids is 1. The zero-order chi connectivity index (χ0) is 31.0. The quantitative estimate of drug-likeness (QED) is 0.360. The molecule has 4 rings (SSSR count). The second kappa shape index (κ2) is 11.6. The number of carboxylic acid groups (broad SMARTS) is 1. The smallest absolute Gasteiger partial charge is 0.326 e. The first kappa shape index (κ1) is 30.8. The van der Waals surface area contributed by atoms with E-state index in [0.29, 0.717) is 34.0 Å². The summed E-state index contributed by atoms with van der Waals surface area (Å²) in [6.45, 7) is 12.6. The summed E-state index contributed by atoms with van der Waals surface area (Å²) < 4.78 is 22.6. The Hall–Kier alpha value is -4.15. The van der Waals surface area contributed by atoms with Crippen LogP contribution in [0, 0.1) is 18.3 Å². The summed E-state index contributed by atoms with van der Waals surface area (Å²) >= 11 is 0. The largest absolute Gasteiger partial charge is 0.497 e. The Labute approximate surface area is 245 Å². The van der Waals surface area contributed by atoms with Crippen molar-refractivity contribution in [2.45, 2.75) is 79.1 Å². The molecule has 3 heterocycles. The third-order valence-electron chi connectivity index (χ3n) is 7.20. The van der Waals surface area contributed by atoms with Crippen LogP contribution in [0.25, 0.3) is 22.4 Å². The number of hydrogen-bond acceptors (Lipinski definition) is 9. The molecule has 0 bridgehead atoms. The Kier molecular flexibility index (Phi) is 8.52. The highest BCUT2D eigenvalue weighted by Crippen LogP contribution is 2.37. The van der Waals surface area contributed by atoms with Crippen LogP contribution in [0.2, 0.25) is 0 Å². The molecule has 0 saturated carbocycles. The second-order valence-corrected chi connectivity index (χ2v) is 12.7. The standard InChI is InChI=1S/C31H39N3O8/c1-17-26-27(42-33-17)24(15-22(32-26)18-9-11-19(39-8)12-10-18)40-20-13-23(29(37)38)34(16-20)28(36)21(30(2,3)4)14-25(35)41-31(5,6)7/h9-12,15,20-21,23H,13-14,16H2,1-8H3,(H,37,38)/t20-,21-,23+/m1/s1. The number of nitrogens with zero attached hydrogens (tertiary/aromatic N) is 3. The molecule has 11 nitrogen and oxygen atoms in total. The first-order valence-electron chi connectivity index (χ1n) is 13.9.